The first-order valence-corrected chi connectivity index (χ1v) is 6.88. The van der Waals surface area contributed by atoms with Gasteiger partial charge in [-0.15, -0.1) is 0 Å². The van der Waals surface area contributed by atoms with Gasteiger partial charge in [-0.05, 0) is 23.8 Å². The van der Waals surface area contributed by atoms with Gasteiger partial charge in [-0.2, -0.15) is 0 Å². The van der Waals surface area contributed by atoms with Gasteiger partial charge in [0.05, 0.1) is 15.6 Å². The molecule has 0 atom stereocenters. The van der Waals surface area contributed by atoms with Crippen LogP contribution in [0.4, 0.5) is 5.69 Å². The van der Waals surface area contributed by atoms with Crippen molar-refractivity contribution in [1.29, 1.82) is 0 Å². The number of nitrogens with one attached hydrogen (secondary N) is 1. The smallest absolute Gasteiger partial charge is 0.253 e. The fourth-order valence-corrected chi connectivity index (χ4v) is 2.31. The molecule has 0 aliphatic rings. The molecule has 0 aliphatic carbocycles. The number of carbonyl (C=O) groups is 1. The van der Waals surface area contributed by atoms with Crippen LogP contribution in [-0.2, 0) is 6.54 Å². The van der Waals surface area contributed by atoms with Gasteiger partial charge in [0.2, 0.25) is 0 Å². The van der Waals surface area contributed by atoms with Crippen molar-refractivity contribution in [2.45, 2.75) is 6.54 Å². The lowest BCUT2D eigenvalue weighted by atomic mass is 10.1. The van der Waals surface area contributed by atoms with Gasteiger partial charge in [0.1, 0.15) is 0 Å². The third-order valence-corrected chi connectivity index (χ3v) is 3.86. The highest BCUT2D eigenvalue weighted by molar-refractivity contribution is 6.44. The molecule has 0 aromatic heterocycles. The third kappa shape index (κ3) is 3.37. The number of hydrogen-bond donors (Lipinski definition) is 2. The average molecular weight is 330 g/mol. The molecule has 3 nitrogen and oxygen atoms in total. The highest BCUT2D eigenvalue weighted by Crippen LogP contribution is 2.28. The highest BCUT2D eigenvalue weighted by atomic mass is 35.5. The Kier molecular flexibility index (Phi) is 4.76. The van der Waals surface area contributed by atoms with Crippen LogP contribution < -0.4 is 11.1 Å². The molecule has 0 saturated heterocycles. The van der Waals surface area contributed by atoms with E-state index in [1.165, 1.54) is 12.1 Å². The average Bonchev–Trinajstić information content (AvgIpc) is 2.41. The number of amides is 1. The van der Waals surface area contributed by atoms with Crippen molar-refractivity contribution in [3.05, 3.63) is 62.6 Å². The van der Waals surface area contributed by atoms with Gasteiger partial charge in [-0.1, -0.05) is 53.0 Å². The van der Waals surface area contributed by atoms with Crippen LogP contribution in [0.15, 0.2) is 36.4 Å². The summed E-state index contributed by atoms with van der Waals surface area (Å²) in [6.07, 6.45) is 0. The summed E-state index contributed by atoms with van der Waals surface area (Å²) in [6.45, 7) is 0.293. The molecule has 2 rings (SSSR count). The molecule has 0 bridgehead atoms. The van der Waals surface area contributed by atoms with Crippen molar-refractivity contribution in [2.24, 2.45) is 0 Å². The minimum Gasteiger partial charge on any atom is -0.399 e. The Morgan fingerprint density at radius 2 is 1.80 bits per heavy atom. The van der Waals surface area contributed by atoms with Gasteiger partial charge in [-0.25, -0.2) is 0 Å². The fourth-order valence-electron chi connectivity index (χ4n) is 1.69. The van der Waals surface area contributed by atoms with Gasteiger partial charge in [-0.3, -0.25) is 4.79 Å². The lowest BCUT2D eigenvalue weighted by molar-refractivity contribution is 0.0951. The molecule has 0 unspecified atom stereocenters. The van der Waals surface area contributed by atoms with Crippen molar-refractivity contribution in [3.63, 3.8) is 0 Å². The minimum atomic E-state index is -0.357. The number of benzene rings is 2. The van der Waals surface area contributed by atoms with Crippen LogP contribution in [-0.4, -0.2) is 5.91 Å². The second kappa shape index (κ2) is 6.35. The molecule has 0 spiro atoms. The Balaban J connectivity index is 2.15. The van der Waals surface area contributed by atoms with Crippen LogP contribution in [0.3, 0.4) is 0 Å². The van der Waals surface area contributed by atoms with Gasteiger partial charge >= 0.3 is 0 Å². The quantitative estimate of drug-likeness (QED) is 0.831. The van der Waals surface area contributed by atoms with E-state index >= 15 is 0 Å². The van der Waals surface area contributed by atoms with E-state index in [0.29, 0.717) is 17.3 Å². The van der Waals surface area contributed by atoms with E-state index < -0.39 is 0 Å². The van der Waals surface area contributed by atoms with E-state index in [1.54, 1.807) is 6.07 Å². The maximum atomic E-state index is 12.1. The highest BCUT2D eigenvalue weighted by Gasteiger charge is 2.14. The molecule has 0 saturated carbocycles. The van der Waals surface area contributed by atoms with Crippen LogP contribution >= 0.6 is 34.8 Å². The number of nitrogens with two attached hydrogens (primary N) is 1. The largest absolute Gasteiger partial charge is 0.399 e. The fraction of sp³-hybridized carbons (Fsp3) is 0.0714. The van der Waals surface area contributed by atoms with Crippen molar-refractivity contribution in [1.82, 2.24) is 5.32 Å². The maximum absolute atomic E-state index is 12.1. The monoisotopic (exact) mass is 328 g/mol. The SMILES string of the molecule is Nc1cc(Cl)c(Cl)c(C(=O)NCc2ccccc2Cl)c1. The molecule has 0 heterocycles. The second-order valence-electron chi connectivity index (χ2n) is 4.14. The molecule has 104 valence electrons. The topological polar surface area (TPSA) is 55.1 Å². The van der Waals surface area contributed by atoms with E-state index in [-0.39, 0.29) is 21.5 Å². The first-order valence-electron chi connectivity index (χ1n) is 5.75. The van der Waals surface area contributed by atoms with Crippen LogP contribution in [0.2, 0.25) is 15.1 Å². The molecular formula is C14H11Cl3N2O. The number of nitrogen functional groups attached to an aromatic ring is 1. The maximum Gasteiger partial charge on any atom is 0.253 e. The van der Waals surface area contributed by atoms with Gasteiger partial charge in [0.25, 0.3) is 5.91 Å². The number of anilines is 1. The molecule has 0 radical (unpaired) electrons. The summed E-state index contributed by atoms with van der Waals surface area (Å²) in [5.74, 6) is -0.357. The summed E-state index contributed by atoms with van der Waals surface area (Å²) in [4.78, 5) is 12.1. The summed E-state index contributed by atoms with van der Waals surface area (Å²) in [5.41, 5.74) is 7.08. The lowest BCUT2D eigenvalue weighted by Crippen LogP contribution is -2.23. The zero-order chi connectivity index (χ0) is 14.7. The second-order valence-corrected chi connectivity index (χ2v) is 5.33. The predicted molar refractivity (Wildman–Crippen MR) is 83.5 cm³/mol. The summed E-state index contributed by atoms with van der Waals surface area (Å²) in [7, 11) is 0. The molecule has 20 heavy (non-hydrogen) atoms. The lowest BCUT2D eigenvalue weighted by Gasteiger charge is -2.09. The van der Waals surface area contributed by atoms with Crippen molar-refractivity contribution >= 4 is 46.4 Å². The van der Waals surface area contributed by atoms with Gasteiger partial charge in [0.15, 0.2) is 0 Å². The van der Waals surface area contributed by atoms with Crippen LogP contribution in [0.1, 0.15) is 15.9 Å². The van der Waals surface area contributed by atoms with E-state index in [9.17, 15) is 4.79 Å². The van der Waals surface area contributed by atoms with Crippen molar-refractivity contribution in [3.8, 4) is 0 Å². The molecule has 1 amide bonds. The van der Waals surface area contributed by atoms with Crippen LogP contribution in [0, 0.1) is 0 Å². The minimum absolute atomic E-state index is 0.178. The van der Waals surface area contributed by atoms with E-state index in [4.69, 9.17) is 40.5 Å². The van der Waals surface area contributed by atoms with E-state index in [0.717, 1.165) is 5.56 Å². The first kappa shape index (κ1) is 15.0. The summed E-state index contributed by atoms with van der Waals surface area (Å²) < 4.78 is 0. The molecule has 0 aliphatic heterocycles. The number of hydrogen-bond acceptors (Lipinski definition) is 2. The number of halogens is 3. The summed E-state index contributed by atoms with van der Waals surface area (Å²) in [5, 5.41) is 3.74. The van der Waals surface area contributed by atoms with Gasteiger partial charge in [0, 0.05) is 17.3 Å². The van der Waals surface area contributed by atoms with Crippen molar-refractivity contribution < 1.29 is 4.79 Å². The van der Waals surface area contributed by atoms with Crippen LogP contribution in [0.25, 0.3) is 0 Å². The number of carbonyl (C=O) groups excluding carboxylic acids is 1. The Hall–Kier alpha value is -1.42. The predicted octanol–water partition coefficient (Wildman–Crippen LogP) is 4.16. The third-order valence-electron chi connectivity index (χ3n) is 2.69. The Labute approximate surface area is 131 Å². The standard InChI is InChI=1S/C14H11Cl3N2O/c15-11-4-2-1-3-8(11)7-19-14(20)10-5-9(18)6-12(16)13(10)17/h1-6H,7,18H2,(H,19,20). The molecule has 2 aromatic rings. The molecular weight excluding hydrogens is 319 g/mol. The summed E-state index contributed by atoms with van der Waals surface area (Å²) >= 11 is 17.9. The molecule has 6 heteroatoms. The molecule has 3 N–H and O–H groups in total. The van der Waals surface area contributed by atoms with Crippen LogP contribution in [0.5, 0.6) is 0 Å². The molecule has 0 fully saturated rings. The van der Waals surface area contributed by atoms with Crippen molar-refractivity contribution in [2.75, 3.05) is 5.73 Å². The van der Waals surface area contributed by atoms with Gasteiger partial charge < -0.3 is 11.1 Å². The van der Waals surface area contributed by atoms with E-state index in [2.05, 4.69) is 5.32 Å². The Bertz CT molecular complexity index is 659. The Morgan fingerprint density at radius 1 is 1.10 bits per heavy atom. The first-order chi connectivity index (χ1) is 9.49. The van der Waals surface area contributed by atoms with E-state index in [1.807, 2.05) is 18.2 Å². The zero-order valence-corrected chi connectivity index (χ0v) is 12.6. The molecule has 2 aromatic carbocycles. The normalized spacial score (nSPS) is 10.3. The Morgan fingerprint density at radius 3 is 2.50 bits per heavy atom. The zero-order valence-electron chi connectivity index (χ0n) is 10.3. The summed E-state index contributed by atoms with van der Waals surface area (Å²) in [6, 6.07) is 10.2. The number of rotatable bonds is 3.